The summed E-state index contributed by atoms with van der Waals surface area (Å²) >= 11 is 0. The number of rotatable bonds is 0. The zero-order valence-corrected chi connectivity index (χ0v) is 9.82. The summed E-state index contributed by atoms with van der Waals surface area (Å²) in [4.78, 5) is 11.3. The Hall–Kier alpha value is -0.830. The Bertz CT molecular complexity index is 381. The van der Waals surface area contributed by atoms with Crippen LogP contribution in [-0.2, 0) is 9.53 Å². The van der Waals surface area contributed by atoms with Crippen molar-refractivity contribution in [2.24, 2.45) is 11.3 Å². The maximum atomic E-state index is 11.3. The van der Waals surface area contributed by atoms with Crippen LogP contribution in [0.2, 0.25) is 0 Å². The average molecular weight is 222 g/mol. The Morgan fingerprint density at radius 3 is 2.88 bits per heavy atom. The lowest BCUT2D eigenvalue weighted by atomic mass is 9.71. The van der Waals surface area contributed by atoms with Crippen molar-refractivity contribution >= 4 is 5.97 Å². The predicted molar refractivity (Wildman–Crippen MR) is 58.7 cm³/mol. The molecule has 3 heteroatoms. The minimum Gasteiger partial charge on any atom is -0.457 e. The van der Waals surface area contributed by atoms with Crippen molar-refractivity contribution in [2.75, 3.05) is 0 Å². The molecule has 16 heavy (non-hydrogen) atoms. The lowest BCUT2D eigenvalue weighted by Crippen LogP contribution is -2.31. The highest BCUT2D eigenvalue weighted by Gasteiger charge is 2.51. The van der Waals surface area contributed by atoms with Gasteiger partial charge in [-0.1, -0.05) is 13.8 Å². The van der Waals surface area contributed by atoms with Gasteiger partial charge in [0.1, 0.15) is 6.10 Å². The first-order valence-electron chi connectivity index (χ1n) is 6.10. The third-order valence-corrected chi connectivity index (χ3v) is 4.40. The van der Waals surface area contributed by atoms with E-state index in [4.69, 9.17) is 4.74 Å². The van der Waals surface area contributed by atoms with Crippen LogP contribution in [0.15, 0.2) is 11.1 Å². The number of aliphatic hydroxyl groups excluding tert-OH is 1. The third kappa shape index (κ3) is 1.27. The highest BCUT2D eigenvalue weighted by atomic mass is 16.6. The Morgan fingerprint density at radius 2 is 2.12 bits per heavy atom. The van der Waals surface area contributed by atoms with Gasteiger partial charge in [0.2, 0.25) is 0 Å². The molecule has 1 heterocycles. The molecular weight excluding hydrogens is 204 g/mol. The average Bonchev–Trinajstić information content (AvgIpc) is 2.67. The molecule has 0 bridgehead atoms. The number of carbonyl (C=O) groups is 1. The van der Waals surface area contributed by atoms with E-state index in [1.165, 1.54) is 11.1 Å². The van der Waals surface area contributed by atoms with Gasteiger partial charge in [-0.15, -0.1) is 0 Å². The van der Waals surface area contributed by atoms with Crippen molar-refractivity contribution < 1.29 is 14.6 Å². The Balaban J connectivity index is 2.02. The molecule has 1 fully saturated rings. The number of aliphatic hydroxyl groups is 1. The van der Waals surface area contributed by atoms with E-state index in [0.717, 1.165) is 19.3 Å². The van der Waals surface area contributed by atoms with Crippen molar-refractivity contribution in [3.8, 4) is 0 Å². The molecule has 1 saturated heterocycles. The van der Waals surface area contributed by atoms with Gasteiger partial charge < -0.3 is 9.84 Å². The Labute approximate surface area is 95.5 Å². The number of hydrogen-bond acceptors (Lipinski definition) is 3. The molecule has 88 valence electrons. The van der Waals surface area contributed by atoms with Gasteiger partial charge in [0.25, 0.3) is 0 Å². The molecule has 3 rings (SSSR count). The van der Waals surface area contributed by atoms with Crippen LogP contribution in [0.1, 0.15) is 39.5 Å². The van der Waals surface area contributed by atoms with Gasteiger partial charge in [0.05, 0.1) is 12.5 Å². The van der Waals surface area contributed by atoms with Crippen LogP contribution >= 0.6 is 0 Å². The van der Waals surface area contributed by atoms with E-state index in [9.17, 15) is 9.90 Å². The molecule has 3 atom stereocenters. The molecule has 0 aromatic rings. The van der Waals surface area contributed by atoms with Crippen molar-refractivity contribution in [1.29, 1.82) is 0 Å². The maximum absolute atomic E-state index is 11.3. The summed E-state index contributed by atoms with van der Waals surface area (Å²) in [6.07, 6.45) is 2.88. The van der Waals surface area contributed by atoms with Crippen molar-refractivity contribution in [3.63, 3.8) is 0 Å². The van der Waals surface area contributed by atoms with Gasteiger partial charge in [0.15, 0.2) is 0 Å². The molecule has 0 radical (unpaired) electrons. The first-order valence-corrected chi connectivity index (χ1v) is 6.10. The van der Waals surface area contributed by atoms with Crippen LogP contribution in [-0.4, -0.2) is 23.3 Å². The first kappa shape index (κ1) is 10.3. The SMILES string of the molecule is CC1(C)CCC(O)C2=C1C1OC(=O)CC1C2. The zero-order valence-electron chi connectivity index (χ0n) is 9.82. The van der Waals surface area contributed by atoms with Gasteiger partial charge in [-0.05, 0) is 35.8 Å². The highest BCUT2D eigenvalue weighted by Crippen LogP contribution is 2.53. The second kappa shape index (κ2) is 3.10. The number of fused-ring (bicyclic) bond motifs is 2. The second-order valence-electron chi connectivity index (χ2n) is 5.96. The normalized spacial score (nSPS) is 40.7. The van der Waals surface area contributed by atoms with Gasteiger partial charge in [-0.25, -0.2) is 0 Å². The van der Waals surface area contributed by atoms with Crippen LogP contribution in [0.3, 0.4) is 0 Å². The number of ether oxygens (including phenoxy) is 1. The van der Waals surface area contributed by atoms with Gasteiger partial charge in [-0.2, -0.15) is 0 Å². The molecular formula is C13H18O3. The van der Waals surface area contributed by atoms with Gasteiger partial charge >= 0.3 is 5.97 Å². The smallest absolute Gasteiger partial charge is 0.306 e. The molecule has 0 aromatic carbocycles. The summed E-state index contributed by atoms with van der Waals surface area (Å²) in [7, 11) is 0. The van der Waals surface area contributed by atoms with Crippen molar-refractivity contribution in [2.45, 2.75) is 51.7 Å². The van der Waals surface area contributed by atoms with Gasteiger partial charge in [0, 0.05) is 5.92 Å². The molecule has 1 aliphatic heterocycles. The molecule has 0 saturated carbocycles. The topological polar surface area (TPSA) is 46.5 Å². The fourth-order valence-electron chi connectivity index (χ4n) is 3.60. The Morgan fingerprint density at radius 1 is 1.38 bits per heavy atom. The standard InChI is InChI=1S/C13H18O3/c1-13(2)4-3-9(14)8-5-7-6-10(15)16-12(7)11(8)13/h7,9,12,14H,3-6H2,1-2H3. The minimum atomic E-state index is -0.299. The summed E-state index contributed by atoms with van der Waals surface area (Å²) in [6, 6.07) is 0. The van der Waals surface area contributed by atoms with Crippen molar-refractivity contribution in [3.05, 3.63) is 11.1 Å². The summed E-state index contributed by atoms with van der Waals surface area (Å²) in [5.41, 5.74) is 2.47. The summed E-state index contributed by atoms with van der Waals surface area (Å²) in [5.74, 6) is 0.224. The number of carbonyl (C=O) groups excluding carboxylic acids is 1. The third-order valence-electron chi connectivity index (χ3n) is 4.40. The Kier molecular flexibility index (Phi) is 2.00. The van der Waals surface area contributed by atoms with Crippen molar-refractivity contribution in [1.82, 2.24) is 0 Å². The van der Waals surface area contributed by atoms with E-state index in [2.05, 4.69) is 13.8 Å². The lowest BCUT2D eigenvalue weighted by molar-refractivity contribution is -0.140. The summed E-state index contributed by atoms with van der Waals surface area (Å²) in [6.45, 7) is 4.39. The summed E-state index contributed by atoms with van der Waals surface area (Å²) in [5, 5.41) is 10.0. The molecule has 1 N–H and O–H groups in total. The molecule has 2 aliphatic carbocycles. The first-order chi connectivity index (χ1) is 7.49. The van der Waals surface area contributed by atoms with Crippen LogP contribution < -0.4 is 0 Å². The van der Waals surface area contributed by atoms with E-state index < -0.39 is 0 Å². The number of hydrogen-bond donors (Lipinski definition) is 1. The van der Waals surface area contributed by atoms with E-state index in [1.54, 1.807) is 0 Å². The van der Waals surface area contributed by atoms with Gasteiger partial charge in [-0.3, -0.25) is 4.79 Å². The quantitative estimate of drug-likeness (QED) is 0.502. The highest BCUT2D eigenvalue weighted by molar-refractivity contribution is 5.73. The molecule has 0 aromatic heterocycles. The zero-order chi connectivity index (χ0) is 11.5. The minimum absolute atomic E-state index is 0.0348. The van der Waals surface area contributed by atoms with Crippen LogP contribution in [0.4, 0.5) is 0 Å². The summed E-state index contributed by atoms with van der Waals surface area (Å²) < 4.78 is 5.43. The maximum Gasteiger partial charge on any atom is 0.306 e. The van der Waals surface area contributed by atoms with E-state index in [-0.39, 0.29) is 23.6 Å². The molecule has 3 unspecified atom stereocenters. The monoisotopic (exact) mass is 222 g/mol. The van der Waals surface area contributed by atoms with E-state index in [1.807, 2.05) is 0 Å². The van der Waals surface area contributed by atoms with E-state index in [0.29, 0.717) is 12.3 Å². The molecule has 3 nitrogen and oxygen atoms in total. The largest absolute Gasteiger partial charge is 0.457 e. The predicted octanol–water partition coefficient (Wildman–Crippen LogP) is 1.80. The fourth-order valence-corrected chi connectivity index (χ4v) is 3.60. The van der Waals surface area contributed by atoms with E-state index >= 15 is 0 Å². The molecule has 0 amide bonds. The number of esters is 1. The fraction of sp³-hybridized carbons (Fsp3) is 0.769. The lowest BCUT2D eigenvalue weighted by Gasteiger charge is -2.36. The molecule has 0 spiro atoms. The van der Waals surface area contributed by atoms with Crippen LogP contribution in [0.5, 0.6) is 0 Å². The van der Waals surface area contributed by atoms with Crippen LogP contribution in [0.25, 0.3) is 0 Å². The second-order valence-corrected chi connectivity index (χ2v) is 5.96. The molecule has 3 aliphatic rings. The van der Waals surface area contributed by atoms with Crippen LogP contribution in [0, 0.1) is 11.3 Å².